The van der Waals surface area contributed by atoms with Gasteiger partial charge in [-0.05, 0) is 55.2 Å². The summed E-state index contributed by atoms with van der Waals surface area (Å²) in [5.41, 5.74) is 4.92. The van der Waals surface area contributed by atoms with E-state index in [1.807, 2.05) is 12.1 Å². The van der Waals surface area contributed by atoms with Gasteiger partial charge in [0.2, 0.25) is 0 Å². The van der Waals surface area contributed by atoms with E-state index in [0.29, 0.717) is 11.8 Å². The highest BCUT2D eigenvalue weighted by Crippen LogP contribution is 2.26. The average Bonchev–Trinajstić information content (AvgIpc) is 2.30. The van der Waals surface area contributed by atoms with Crippen LogP contribution in [0.15, 0.2) is 30.4 Å². The van der Waals surface area contributed by atoms with Crippen LogP contribution in [-0.2, 0) is 13.0 Å². The molecule has 0 unspecified atom stereocenters. The highest BCUT2D eigenvalue weighted by Gasteiger charge is 2.14. The number of rotatable bonds is 6. The first-order valence-electron chi connectivity index (χ1n) is 6.81. The van der Waals surface area contributed by atoms with Crippen molar-refractivity contribution >= 4 is 0 Å². The van der Waals surface area contributed by atoms with Gasteiger partial charge >= 0.3 is 0 Å². The summed E-state index contributed by atoms with van der Waals surface area (Å²) < 4.78 is 0. The molecule has 0 bridgehead atoms. The van der Waals surface area contributed by atoms with Crippen LogP contribution in [0.5, 0.6) is 0 Å². The second-order valence-electron chi connectivity index (χ2n) is 5.59. The lowest BCUT2D eigenvalue weighted by Gasteiger charge is -2.21. The quantitative estimate of drug-likeness (QED) is 0.743. The summed E-state index contributed by atoms with van der Waals surface area (Å²) in [6, 6.07) is 6.21. The molecule has 100 valence electrons. The van der Waals surface area contributed by atoms with E-state index in [1.165, 1.54) is 16.7 Å². The van der Waals surface area contributed by atoms with Crippen LogP contribution in [0, 0.1) is 18.8 Å². The van der Waals surface area contributed by atoms with Crippen molar-refractivity contribution in [3.63, 3.8) is 0 Å². The highest BCUT2D eigenvalue weighted by molar-refractivity contribution is 5.33. The van der Waals surface area contributed by atoms with Gasteiger partial charge in [-0.15, -0.1) is 0 Å². The van der Waals surface area contributed by atoms with E-state index >= 15 is 0 Å². The summed E-state index contributed by atoms with van der Waals surface area (Å²) in [6.45, 7) is 13.0. The van der Waals surface area contributed by atoms with Crippen molar-refractivity contribution in [1.29, 1.82) is 0 Å². The van der Waals surface area contributed by atoms with Crippen molar-refractivity contribution in [3.05, 3.63) is 47.0 Å². The second-order valence-corrected chi connectivity index (χ2v) is 5.59. The lowest BCUT2D eigenvalue weighted by Crippen LogP contribution is -2.11. The maximum atomic E-state index is 9.28. The van der Waals surface area contributed by atoms with Gasteiger partial charge in [0.1, 0.15) is 0 Å². The Kier molecular flexibility index (Phi) is 5.61. The van der Waals surface area contributed by atoms with Crippen molar-refractivity contribution < 1.29 is 5.11 Å². The molecule has 1 N–H and O–H groups in total. The number of hydrogen-bond acceptors (Lipinski definition) is 1. The van der Waals surface area contributed by atoms with Crippen molar-refractivity contribution in [2.75, 3.05) is 0 Å². The third-order valence-electron chi connectivity index (χ3n) is 3.89. The summed E-state index contributed by atoms with van der Waals surface area (Å²) >= 11 is 0. The number of allylic oxidation sites excluding steroid dienone is 1. The highest BCUT2D eigenvalue weighted by atomic mass is 16.3. The summed E-state index contributed by atoms with van der Waals surface area (Å²) in [4.78, 5) is 0. The molecule has 0 heterocycles. The van der Waals surface area contributed by atoms with Gasteiger partial charge in [0, 0.05) is 0 Å². The molecule has 0 spiro atoms. The molecular formula is C17H26O. The SMILES string of the molecule is C=C(C)[C@@H](CCc1cccc(CO)c1C)C(C)C. The first kappa shape index (κ1) is 15.0. The van der Waals surface area contributed by atoms with E-state index < -0.39 is 0 Å². The standard InChI is InChI=1S/C17H26O/c1-12(2)17(13(3)4)10-9-15-7-6-8-16(11-18)14(15)5/h6-8,13,17-18H,1,9-11H2,2-5H3/t17-/m1/s1. The molecule has 0 aromatic heterocycles. The predicted molar refractivity (Wildman–Crippen MR) is 78.6 cm³/mol. The van der Waals surface area contributed by atoms with Crippen LogP contribution in [0.2, 0.25) is 0 Å². The van der Waals surface area contributed by atoms with E-state index in [0.717, 1.165) is 18.4 Å². The largest absolute Gasteiger partial charge is 0.392 e. The Morgan fingerprint density at radius 2 is 1.89 bits per heavy atom. The minimum atomic E-state index is 0.133. The van der Waals surface area contributed by atoms with Gasteiger partial charge < -0.3 is 5.11 Å². The second kappa shape index (κ2) is 6.75. The van der Waals surface area contributed by atoms with Crippen LogP contribution in [0.25, 0.3) is 0 Å². The van der Waals surface area contributed by atoms with Gasteiger partial charge in [-0.25, -0.2) is 0 Å². The Labute approximate surface area is 112 Å². The summed E-state index contributed by atoms with van der Waals surface area (Å²) in [7, 11) is 0. The summed E-state index contributed by atoms with van der Waals surface area (Å²) in [5.74, 6) is 1.23. The Bertz CT molecular complexity index is 404. The maximum Gasteiger partial charge on any atom is 0.0684 e. The fourth-order valence-corrected chi connectivity index (χ4v) is 2.64. The fraction of sp³-hybridized carbons (Fsp3) is 0.529. The number of hydrogen-bond donors (Lipinski definition) is 1. The van der Waals surface area contributed by atoms with Gasteiger partial charge in [-0.3, -0.25) is 0 Å². The monoisotopic (exact) mass is 246 g/mol. The molecule has 1 nitrogen and oxygen atoms in total. The van der Waals surface area contributed by atoms with Crippen LogP contribution in [0.1, 0.15) is 43.9 Å². The zero-order valence-corrected chi connectivity index (χ0v) is 12.2. The molecule has 1 aromatic rings. The van der Waals surface area contributed by atoms with Crippen LogP contribution < -0.4 is 0 Å². The molecule has 1 atom stereocenters. The summed E-state index contributed by atoms with van der Waals surface area (Å²) in [5, 5.41) is 9.28. The predicted octanol–water partition coefficient (Wildman–Crippen LogP) is 4.27. The van der Waals surface area contributed by atoms with E-state index in [2.05, 4.69) is 40.3 Å². The van der Waals surface area contributed by atoms with Gasteiger partial charge in [0.15, 0.2) is 0 Å². The molecule has 18 heavy (non-hydrogen) atoms. The third kappa shape index (κ3) is 3.71. The van der Waals surface area contributed by atoms with E-state index in [4.69, 9.17) is 0 Å². The molecule has 0 saturated carbocycles. The first-order chi connectivity index (χ1) is 8.47. The smallest absolute Gasteiger partial charge is 0.0684 e. The average molecular weight is 246 g/mol. The Hall–Kier alpha value is -1.08. The summed E-state index contributed by atoms with van der Waals surface area (Å²) in [6.07, 6.45) is 2.21. The molecular weight excluding hydrogens is 220 g/mol. The first-order valence-corrected chi connectivity index (χ1v) is 6.81. The van der Waals surface area contributed by atoms with Gasteiger partial charge in [0.05, 0.1) is 6.61 Å². The fourth-order valence-electron chi connectivity index (χ4n) is 2.64. The zero-order valence-electron chi connectivity index (χ0n) is 12.2. The van der Waals surface area contributed by atoms with E-state index in [-0.39, 0.29) is 6.61 Å². The minimum absolute atomic E-state index is 0.133. The number of aliphatic hydroxyl groups is 1. The molecule has 0 fully saturated rings. The van der Waals surface area contributed by atoms with Gasteiger partial charge in [-0.1, -0.05) is 44.2 Å². The lowest BCUT2D eigenvalue weighted by atomic mass is 9.84. The molecule has 0 amide bonds. The Balaban J connectivity index is 2.76. The van der Waals surface area contributed by atoms with Crippen molar-refractivity contribution in [2.24, 2.45) is 11.8 Å². The molecule has 0 aliphatic heterocycles. The molecule has 0 aliphatic carbocycles. The van der Waals surface area contributed by atoms with Gasteiger partial charge in [-0.2, -0.15) is 0 Å². The number of aliphatic hydroxyl groups excluding tert-OH is 1. The number of aryl methyl sites for hydroxylation is 1. The Morgan fingerprint density at radius 1 is 1.28 bits per heavy atom. The molecule has 0 saturated heterocycles. The normalized spacial score (nSPS) is 12.8. The molecule has 0 aliphatic rings. The number of benzene rings is 1. The molecule has 1 heteroatoms. The van der Waals surface area contributed by atoms with Crippen molar-refractivity contribution in [1.82, 2.24) is 0 Å². The minimum Gasteiger partial charge on any atom is -0.392 e. The van der Waals surface area contributed by atoms with E-state index in [9.17, 15) is 5.11 Å². The van der Waals surface area contributed by atoms with Gasteiger partial charge in [0.25, 0.3) is 0 Å². The molecule has 1 rings (SSSR count). The van der Waals surface area contributed by atoms with Crippen LogP contribution >= 0.6 is 0 Å². The Morgan fingerprint density at radius 3 is 2.39 bits per heavy atom. The van der Waals surface area contributed by atoms with Crippen LogP contribution in [-0.4, -0.2) is 5.11 Å². The van der Waals surface area contributed by atoms with E-state index in [1.54, 1.807) is 0 Å². The van der Waals surface area contributed by atoms with Crippen molar-refractivity contribution in [2.45, 2.75) is 47.1 Å². The topological polar surface area (TPSA) is 20.2 Å². The third-order valence-corrected chi connectivity index (χ3v) is 3.89. The lowest BCUT2D eigenvalue weighted by molar-refractivity contribution is 0.281. The van der Waals surface area contributed by atoms with Crippen LogP contribution in [0.3, 0.4) is 0 Å². The maximum absolute atomic E-state index is 9.28. The van der Waals surface area contributed by atoms with Crippen molar-refractivity contribution in [3.8, 4) is 0 Å². The molecule has 0 radical (unpaired) electrons. The van der Waals surface area contributed by atoms with Crippen LogP contribution in [0.4, 0.5) is 0 Å². The molecule has 1 aromatic carbocycles. The zero-order chi connectivity index (χ0) is 13.7.